The van der Waals surface area contributed by atoms with Crippen LogP contribution in [0, 0.1) is 0 Å². The molecule has 0 fully saturated rings. The van der Waals surface area contributed by atoms with E-state index in [1.165, 1.54) is 0 Å². The Bertz CT molecular complexity index is 322. The van der Waals surface area contributed by atoms with Crippen molar-refractivity contribution in [3.8, 4) is 0 Å². The molecule has 2 nitrogen and oxygen atoms in total. The lowest BCUT2D eigenvalue weighted by Gasteiger charge is -2.13. The van der Waals surface area contributed by atoms with E-state index >= 15 is 0 Å². The van der Waals surface area contributed by atoms with Crippen LogP contribution in [0.4, 0.5) is 0 Å². The number of rotatable bonds is 3. The zero-order chi connectivity index (χ0) is 10.8. The summed E-state index contributed by atoms with van der Waals surface area (Å²) in [4.78, 5) is 20.7. The second-order valence-electron chi connectivity index (χ2n) is 4.24. The summed E-state index contributed by atoms with van der Waals surface area (Å²) < 4.78 is 0. The third-order valence-corrected chi connectivity index (χ3v) is 3.27. The third kappa shape index (κ3) is 3.44. The highest BCUT2D eigenvalue weighted by Gasteiger charge is 2.17. The predicted molar refractivity (Wildman–Crippen MR) is 59.9 cm³/mol. The van der Waals surface area contributed by atoms with Gasteiger partial charge in [0.2, 0.25) is 0 Å². The number of benzene rings is 1. The molecule has 14 heavy (non-hydrogen) atoms. The third-order valence-electron chi connectivity index (χ3n) is 2.00. The first-order chi connectivity index (χ1) is 6.38. The Morgan fingerprint density at radius 1 is 1.29 bits per heavy atom. The maximum Gasteiger partial charge on any atom is 0.186 e. The molecule has 76 valence electrons. The van der Waals surface area contributed by atoms with E-state index in [-0.39, 0.29) is 5.78 Å². The van der Waals surface area contributed by atoms with Crippen LogP contribution in [0.2, 0.25) is 13.1 Å². The molecule has 1 N–H and O–H groups in total. The van der Waals surface area contributed by atoms with Gasteiger partial charge in [-0.15, -0.1) is 0 Å². The maximum atomic E-state index is 11.0. The highest BCUT2D eigenvalue weighted by atomic mass is 28.4. The van der Waals surface area contributed by atoms with Crippen LogP contribution >= 0.6 is 0 Å². The molecule has 1 rings (SSSR count). The van der Waals surface area contributed by atoms with E-state index in [0.717, 1.165) is 17.2 Å². The smallest absolute Gasteiger partial charge is 0.186 e. The number of ketones is 1. The Morgan fingerprint density at radius 2 is 1.79 bits per heavy atom. The van der Waals surface area contributed by atoms with Gasteiger partial charge >= 0.3 is 0 Å². The minimum atomic E-state index is -2.03. The van der Waals surface area contributed by atoms with Crippen molar-refractivity contribution < 1.29 is 9.59 Å². The van der Waals surface area contributed by atoms with Crippen LogP contribution < -0.4 is 0 Å². The summed E-state index contributed by atoms with van der Waals surface area (Å²) in [5.41, 5.74) is 1.83. The lowest BCUT2D eigenvalue weighted by atomic mass is 10.1. The van der Waals surface area contributed by atoms with Crippen LogP contribution in [0.15, 0.2) is 24.3 Å². The molecule has 0 saturated carbocycles. The second-order valence-corrected chi connectivity index (χ2v) is 8.22. The Labute approximate surface area is 85.7 Å². The normalized spacial score (nSPS) is 11.4. The summed E-state index contributed by atoms with van der Waals surface area (Å²) in [6, 6.07) is 8.21. The van der Waals surface area contributed by atoms with Crippen molar-refractivity contribution in [2.75, 3.05) is 0 Å². The van der Waals surface area contributed by atoms with E-state index in [2.05, 4.69) is 0 Å². The molecule has 0 aliphatic rings. The Balaban J connectivity index is 2.79. The molecule has 0 unspecified atom stereocenters. The van der Waals surface area contributed by atoms with Gasteiger partial charge < -0.3 is 4.80 Å². The topological polar surface area (TPSA) is 37.3 Å². The van der Waals surface area contributed by atoms with Crippen LogP contribution in [-0.4, -0.2) is 18.9 Å². The lowest BCUT2D eigenvalue weighted by Crippen LogP contribution is -2.28. The molecule has 1 aromatic carbocycles. The second kappa shape index (κ2) is 4.07. The molecular weight excluding hydrogens is 192 g/mol. The number of carbonyl (C=O) groups is 1. The average Bonchev–Trinajstić information content (AvgIpc) is 2.02. The van der Waals surface area contributed by atoms with Gasteiger partial charge in [0.05, 0.1) is 0 Å². The number of hydrogen-bond acceptors (Lipinski definition) is 2. The summed E-state index contributed by atoms with van der Waals surface area (Å²) in [6.45, 7) is 5.37. The van der Waals surface area contributed by atoms with Crippen molar-refractivity contribution in [1.29, 1.82) is 0 Å². The van der Waals surface area contributed by atoms with E-state index in [1.54, 1.807) is 6.92 Å². The van der Waals surface area contributed by atoms with Crippen LogP contribution in [-0.2, 0) is 6.04 Å². The first-order valence-electron chi connectivity index (χ1n) is 4.71. The molecule has 0 aromatic heterocycles. The van der Waals surface area contributed by atoms with Gasteiger partial charge in [-0.3, -0.25) is 4.79 Å². The Morgan fingerprint density at radius 3 is 2.14 bits per heavy atom. The van der Waals surface area contributed by atoms with Gasteiger partial charge in [0.15, 0.2) is 14.1 Å². The van der Waals surface area contributed by atoms with Gasteiger partial charge in [-0.1, -0.05) is 24.3 Å². The summed E-state index contributed by atoms with van der Waals surface area (Å²) >= 11 is 0. The molecule has 0 heterocycles. The highest BCUT2D eigenvalue weighted by Crippen LogP contribution is 2.10. The number of hydrogen-bond donors (Lipinski definition) is 1. The molecule has 1 aromatic rings. The van der Waals surface area contributed by atoms with Crippen molar-refractivity contribution in [2.45, 2.75) is 26.1 Å². The first-order valence-corrected chi connectivity index (χ1v) is 7.86. The van der Waals surface area contributed by atoms with Gasteiger partial charge in [-0.05, 0) is 31.6 Å². The van der Waals surface area contributed by atoms with Crippen molar-refractivity contribution >= 4 is 14.1 Å². The predicted octanol–water partition coefficient (Wildman–Crippen LogP) is 2.17. The summed E-state index contributed by atoms with van der Waals surface area (Å²) in [7, 11) is -2.03. The monoisotopic (exact) mass is 208 g/mol. The van der Waals surface area contributed by atoms with Crippen LogP contribution in [0.25, 0.3) is 0 Å². The van der Waals surface area contributed by atoms with Crippen molar-refractivity contribution in [1.82, 2.24) is 0 Å². The Hall–Kier alpha value is -0.933. The van der Waals surface area contributed by atoms with Crippen LogP contribution in [0.1, 0.15) is 22.8 Å². The molecule has 0 saturated heterocycles. The largest absolute Gasteiger partial charge is 0.432 e. The van der Waals surface area contributed by atoms with Gasteiger partial charge in [0.25, 0.3) is 0 Å². The van der Waals surface area contributed by atoms with Gasteiger partial charge in [-0.2, -0.15) is 0 Å². The number of carbonyl (C=O) groups excluding carboxylic acids is 1. The maximum absolute atomic E-state index is 11.0. The summed E-state index contributed by atoms with van der Waals surface area (Å²) in [5, 5.41) is 0. The average molecular weight is 208 g/mol. The molecule has 0 spiro atoms. The highest BCUT2D eigenvalue weighted by molar-refractivity contribution is 6.69. The standard InChI is InChI=1S/C11H16O2Si/c1-9(12)11-6-4-10(5-7-11)8-14(2,3)13/h4-7,13H,8H2,1-3H3. The fourth-order valence-electron chi connectivity index (χ4n) is 1.36. The first kappa shape index (κ1) is 11.1. The van der Waals surface area contributed by atoms with E-state index in [4.69, 9.17) is 0 Å². The SMILES string of the molecule is CC(=O)c1ccc(C[Si](C)(C)O)cc1. The van der Waals surface area contributed by atoms with Crippen molar-refractivity contribution in [3.05, 3.63) is 35.4 Å². The van der Waals surface area contributed by atoms with E-state index in [1.807, 2.05) is 37.4 Å². The van der Waals surface area contributed by atoms with E-state index < -0.39 is 8.32 Å². The fraction of sp³-hybridized carbons (Fsp3) is 0.364. The molecule has 0 atom stereocenters. The quantitative estimate of drug-likeness (QED) is 0.610. The van der Waals surface area contributed by atoms with Gasteiger partial charge in [0, 0.05) is 5.56 Å². The molecule has 3 heteroatoms. The van der Waals surface area contributed by atoms with Gasteiger partial charge in [0.1, 0.15) is 0 Å². The molecule has 0 aliphatic heterocycles. The summed E-state index contributed by atoms with van der Waals surface area (Å²) in [6.07, 6.45) is 0. The Kier molecular flexibility index (Phi) is 3.24. The van der Waals surface area contributed by atoms with Crippen molar-refractivity contribution in [3.63, 3.8) is 0 Å². The molecule has 0 radical (unpaired) electrons. The van der Waals surface area contributed by atoms with E-state index in [0.29, 0.717) is 0 Å². The number of Topliss-reactive ketones (excluding diaryl/α,β-unsaturated/α-hetero) is 1. The van der Waals surface area contributed by atoms with Crippen molar-refractivity contribution in [2.24, 2.45) is 0 Å². The minimum absolute atomic E-state index is 0.0806. The lowest BCUT2D eigenvalue weighted by molar-refractivity contribution is 0.101. The summed E-state index contributed by atoms with van der Waals surface area (Å²) in [5.74, 6) is 0.0806. The van der Waals surface area contributed by atoms with Gasteiger partial charge in [-0.25, -0.2) is 0 Å². The fourth-order valence-corrected chi connectivity index (χ4v) is 2.59. The van der Waals surface area contributed by atoms with Crippen LogP contribution in [0.3, 0.4) is 0 Å². The molecular formula is C11H16O2Si. The zero-order valence-electron chi connectivity index (χ0n) is 8.87. The molecule has 0 bridgehead atoms. The van der Waals surface area contributed by atoms with Crippen LogP contribution in [0.5, 0.6) is 0 Å². The minimum Gasteiger partial charge on any atom is -0.432 e. The molecule has 0 aliphatic carbocycles. The zero-order valence-corrected chi connectivity index (χ0v) is 9.87. The molecule has 0 amide bonds. The van der Waals surface area contributed by atoms with E-state index in [9.17, 15) is 9.59 Å².